The van der Waals surface area contributed by atoms with Crippen LogP contribution in [0.2, 0.25) is 0 Å². The molecular weight excluding hydrogens is 378 g/mol. The van der Waals surface area contributed by atoms with E-state index in [2.05, 4.69) is 14.9 Å². The van der Waals surface area contributed by atoms with Crippen LogP contribution in [-0.4, -0.2) is 18.6 Å². The van der Waals surface area contributed by atoms with E-state index in [4.69, 9.17) is 8.94 Å². The summed E-state index contributed by atoms with van der Waals surface area (Å²) in [6, 6.07) is 14.6. The Morgan fingerprint density at radius 1 is 1.00 bits per heavy atom. The predicted molar refractivity (Wildman–Crippen MR) is 104 cm³/mol. The summed E-state index contributed by atoms with van der Waals surface area (Å²) in [7, 11) is -3.99. The maximum atomic E-state index is 13.2. The number of oxazole rings is 1. The van der Waals surface area contributed by atoms with Crippen LogP contribution in [-0.2, 0) is 10.0 Å². The lowest BCUT2D eigenvalue weighted by Gasteiger charge is -2.12. The molecule has 0 amide bonds. The monoisotopic (exact) mass is 395 g/mol. The molecule has 28 heavy (non-hydrogen) atoms. The second-order valence-electron chi connectivity index (χ2n) is 6.24. The predicted octanol–water partition coefficient (Wildman–Crippen LogP) is 4.41. The number of hydrogen-bond acceptors (Lipinski definition) is 6. The Bertz CT molecular complexity index is 1210. The van der Waals surface area contributed by atoms with E-state index in [0.717, 1.165) is 11.1 Å². The van der Waals surface area contributed by atoms with Crippen molar-refractivity contribution >= 4 is 15.9 Å². The van der Waals surface area contributed by atoms with E-state index in [9.17, 15) is 8.42 Å². The Labute approximate surface area is 162 Å². The Morgan fingerprint density at radius 2 is 1.79 bits per heavy atom. The van der Waals surface area contributed by atoms with Crippen molar-refractivity contribution in [2.75, 3.05) is 4.72 Å². The Balaban J connectivity index is 1.86. The van der Waals surface area contributed by atoms with Crippen molar-refractivity contribution in [3.63, 3.8) is 0 Å². The van der Waals surface area contributed by atoms with Gasteiger partial charge in [0.05, 0.1) is 17.5 Å². The lowest BCUT2D eigenvalue weighted by atomic mass is 10.0. The van der Waals surface area contributed by atoms with Crippen molar-refractivity contribution in [2.24, 2.45) is 0 Å². The molecule has 2 aromatic carbocycles. The first kappa shape index (κ1) is 18.0. The van der Waals surface area contributed by atoms with Crippen molar-refractivity contribution in [1.29, 1.82) is 0 Å². The van der Waals surface area contributed by atoms with Crippen LogP contribution in [0.25, 0.3) is 22.6 Å². The number of nitrogens with one attached hydrogen (secondary N) is 1. The first-order valence-corrected chi connectivity index (χ1v) is 9.99. The minimum Gasteiger partial charge on any atom is -0.444 e. The summed E-state index contributed by atoms with van der Waals surface area (Å²) in [6.07, 6.45) is 2.86. The van der Waals surface area contributed by atoms with Gasteiger partial charge in [0.25, 0.3) is 10.0 Å². The Morgan fingerprint density at radius 3 is 2.43 bits per heavy atom. The quantitative estimate of drug-likeness (QED) is 0.537. The number of aryl methyl sites for hydroxylation is 1. The van der Waals surface area contributed by atoms with E-state index in [-0.39, 0.29) is 16.7 Å². The molecule has 0 atom stereocenters. The van der Waals surface area contributed by atoms with Gasteiger partial charge in [-0.15, -0.1) is 0 Å². The standard InChI is InChI=1S/C20H17N3O4S/c1-13-14(2)22-27-19(13)23-28(24,25)18-12-16(15-6-4-3-5-7-15)8-9-17(18)20-21-10-11-26-20/h3-12,23H,1-2H3. The van der Waals surface area contributed by atoms with Crippen molar-refractivity contribution in [1.82, 2.24) is 10.1 Å². The molecule has 1 N–H and O–H groups in total. The summed E-state index contributed by atoms with van der Waals surface area (Å²) in [5, 5.41) is 3.80. The summed E-state index contributed by atoms with van der Waals surface area (Å²) in [4.78, 5) is 4.13. The number of sulfonamides is 1. The van der Waals surface area contributed by atoms with Gasteiger partial charge in [0, 0.05) is 5.56 Å². The molecule has 2 heterocycles. The highest BCUT2D eigenvalue weighted by atomic mass is 32.2. The molecule has 0 aliphatic carbocycles. The molecule has 0 saturated carbocycles. The van der Waals surface area contributed by atoms with Crippen LogP contribution in [0.4, 0.5) is 5.88 Å². The molecule has 2 aromatic heterocycles. The highest BCUT2D eigenvalue weighted by molar-refractivity contribution is 7.92. The van der Waals surface area contributed by atoms with Gasteiger partial charge < -0.3 is 8.94 Å². The Kier molecular flexibility index (Phi) is 4.48. The number of hydrogen-bond donors (Lipinski definition) is 1. The molecule has 142 valence electrons. The zero-order valence-corrected chi connectivity index (χ0v) is 16.0. The van der Waals surface area contributed by atoms with Gasteiger partial charge in [-0.05, 0) is 37.1 Å². The third-order valence-corrected chi connectivity index (χ3v) is 5.80. The van der Waals surface area contributed by atoms with E-state index in [1.165, 1.54) is 12.5 Å². The molecular formula is C20H17N3O4S. The second-order valence-corrected chi connectivity index (χ2v) is 7.89. The first-order chi connectivity index (χ1) is 13.5. The number of rotatable bonds is 5. The summed E-state index contributed by atoms with van der Waals surface area (Å²) >= 11 is 0. The largest absolute Gasteiger partial charge is 0.444 e. The first-order valence-electron chi connectivity index (χ1n) is 8.51. The third kappa shape index (κ3) is 3.29. The van der Waals surface area contributed by atoms with Gasteiger partial charge >= 0.3 is 0 Å². The average molecular weight is 395 g/mol. The van der Waals surface area contributed by atoms with Crippen LogP contribution in [0.15, 0.2) is 74.8 Å². The van der Waals surface area contributed by atoms with Gasteiger partial charge in [0.1, 0.15) is 11.2 Å². The molecule has 0 aliphatic rings. The highest BCUT2D eigenvalue weighted by Crippen LogP contribution is 2.33. The van der Waals surface area contributed by atoms with E-state index in [0.29, 0.717) is 16.8 Å². The molecule has 0 radical (unpaired) electrons. The topological polar surface area (TPSA) is 98.2 Å². The zero-order chi connectivity index (χ0) is 19.7. The maximum Gasteiger partial charge on any atom is 0.265 e. The van der Waals surface area contributed by atoms with Crippen molar-refractivity contribution in [2.45, 2.75) is 18.7 Å². The van der Waals surface area contributed by atoms with Crippen LogP contribution in [0.1, 0.15) is 11.3 Å². The van der Waals surface area contributed by atoms with Gasteiger partial charge in [-0.1, -0.05) is 41.6 Å². The second kappa shape index (κ2) is 6.97. The summed E-state index contributed by atoms with van der Waals surface area (Å²) in [5.41, 5.74) is 3.24. The van der Waals surface area contributed by atoms with Gasteiger partial charge in [-0.3, -0.25) is 0 Å². The summed E-state index contributed by atoms with van der Waals surface area (Å²) < 4.78 is 39.3. The van der Waals surface area contributed by atoms with Crippen LogP contribution in [0, 0.1) is 13.8 Å². The molecule has 0 unspecified atom stereocenters. The fraction of sp³-hybridized carbons (Fsp3) is 0.100. The molecule has 4 aromatic rings. The highest BCUT2D eigenvalue weighted by Gasteiger charge is 2.25. The molecule has 0 bridgehead atoms. The Hall–Kier alpha value is -3.39. The zero-order valence-electron chi connectivity index (χ0n) is 15.2. The van der Waals surface area contributed by atoms with Crippen molar-refractivity contribution in [3.05, 3.63) is 72.2 Å². The maximum absolute atomic E-state index is 13.2. The van der Waals surface area contributed by atoms with Gasteiger partial charge in [-0.25, -0.2) is 18.1 Å². The number of aromatic nitrogens is 2. The third-order valence-electron chi connectivity index (χ3n) is 4.43. The summed E-state index contributed by atoms with van der Waals surface area (Å²) in [5.74, 6) is 0.298. The molecule has 0 saturated heterocycles. The van der Waals surface area contributed by atoms with E-state index in [1.54, 1.807) is 26.0 Å². The SMILES string of the molecule is Cc1noc(NS(=O)(=O)c2cc(-c3ccccc3)ccc2-c2ncco2)c1C. The molecule has 0 fully saturated rings. The number of anilines is 1. The van der Waals surface area contributed by atoms with E-state index in [1.807, 2.05) is 36.4 Å². The number of benzene rings is 2. The lowest BCUT2D eigenvalue weighted by molar-refractivity contribution is 0.430. The average Bonchev–Trinajstić information content (AvgIpc) is 3.34. The smallest absolute Gasteiger partial charge is 0.265 e. The fourth-order valence-corrected chi connectivity index (χ4v) is 4.05. The molecule has 8 heteroatoms. The van der Waals surface area contributed by atoms with E-state index >= 15 is 0 Å². The minimum atomic E-state index is -3.99. The normalized spacial score (nSPS) is 11.5. The van der Waals surface area contributed by atoms with Crippen molar-refractivity contribution < 1.29 is 17.4 Å². The molecule has 4 rings (SSSR count). The van der Waals surface area contributed by atoms with Crippen molar-refractivity contribution in [3.8, 4) is 22.6 Å². The lowest BCUT2D eigenvalue weighted by Crippen LogP contribution is -2.14. The molecule has 0 spiro atoms. The van der Waals surface area contributed by atoms with Gasteiger partial charge in [0.15, 0.2) is 0 Å². The van der Waals surface area contributed by atoms with Gasteiger partial charge in [0.2, 0.25) is 11.8 Å². The van der Waals surface area contributed by atoms with Gasteiger partial charge in [-0.2, -0.15) is 0 Å². The molecule has 7 nitrogen and oxygen atoms in total. The minimum absolute atomic E-state index is 0.0322. The molecule has 0 aliphatic heterocycles. The van der Waals surface area contributed by atoms with Crippen LogP contribution >= 0.6 is 0 Å². The fourth-order valence-electron chi connectivity index (χ4n) is 2.78. The van der Waals surface area contributed by atoms with E-state index < -0.39 is 10.0 Å². The van der Waals surface area contributed by atoms with Crippen LogP contribution < -0.4 is 4.72 Å². The van der Waals surface area contributed by atoms with Crippen LogP contribution in [0.3, 0.4) is 0 Å². The number of nitrogens with zero attached hydrogens (tertiary/aromatic N) is 2. The van der Waals surface area contributed by atoms with Crippen LogP contribution in [0.5, 0.6) is 0 Å². The summed E-state index contributed by atoms with van der Waals surface area (Å²) in [6.45, 7) is 3.48.